The third-order valence-electron chi connectivity index (χ3n) is 3.25. The Labute approximate surface area is 96.0 Å². The smallest absolute Gasteiger partial charge is 0.150 e. The number of nitrogens with one attached hydrogen (secondary N) is 1. The lowest BCUT2D eigenvalue weighted by molar-refractivity contribution is 0.139. The second-order valence-electron chi connectivity index (χ2n) is 4.65. The van der Waals surface area contributed by atoms with Gasteiger partial charge in [-0.1, -0.05) is 30.8 Å². The summed E-state index contributed by atoms with van der Waals surface area (Å²) in [6, 6.07) is 1.83. The Morgan fingerprint density at radius 1 is 1.50 bits per heavy atom. The third kappa shape index (κ3) is 3.61. The molecule has 4 nitrogen and oxygen atoms in total. The molecule has 1 fully saturated rings. The van der Waals surface area contributed by atoms with Crippen LogP contribution < -0.4 is 5.32 Å². The van der Waals surface area contributed by atoms with Crippen LogP contribution in [0.4, 0.5) is 0 Å². The Balaban J connectivity index is 1.58. The van der Waals surface area contributed by atoms with E-state index in [1.807, 2.05) is 6.07 Å². The molecule has 90 valence electrons. The van der Waals surface area contributed by atoms with Crippen LogP contribution >= 0.6 is 0 Å². The van der Waals surface area contributed by atoms with Gasteiger partial charge in [0.05, 0.1) is 18.8 Å². The molecule has 0 aliphatic heterocycles. The van der Waals surface area contributed by atoms with Gasteiger partial charge in [0.1, 0.15) is 5.76 Å². The maximum Gasteiger partial charge on any atom is 0.150 e. The predicted octanol–water partition coefficient (Wildman–Crippen LogP) is 1.71. The van der Waals surface area contributed by atoms with Crippen molar-refractivity contribution in [3.8, 4) is 0 Å². The highest BCUT2D eigenvalue weighted by Gasteiger charge is 2.18. The number of hydrogen-bond acceptors (Lipinski definition) is 4. The molecule has 1 aromatic heterocycles. The highest BCUT2D eigenvalue weighted by molar-refractivity contribution is 4.91. The van der Waals surface area contributed by atoms with Crippen molar-refractivity contribution in [1.82, 2.24) is 10.5 Å². The van der Waals surface area contributed by atoms with Gasteiger partial charge in [-0.2, -0.15) is 0 Å². The van der Waals surface area contributed by atoms with Gasteiger partial charge in [0.25, 0.3) is 0 Å². The van der Waals surface area contributed by atoms with Crippen LogP contribution in [0, 0.1) is 5.92 Å². The fourth-order valence-corrected chi connectivity index (χ4v) is 2.41. The van der Waals surface area contributed by atoms with E-state index in [4.69, 9.17) is 4.52 Å². The summed E-state index contributed by atoms with van der Waals surface area (Å²) in [6.07, 6.45) is 7.59. The SMILES string of the molecule is OC(CNCc1ccno1)CC1CCCC1. The van der Waals surface area contributed by atoms with E-state index in [-0.39, 0.29) is 6.10 Å². The third-order valence-corrected chi connectivity index (χ3v) is 3.25. The van der Waals surface area contributed by atoms with Crippen LogP contribution in [0.25, 0.3) is 0 Å². The van der Waals surface area contributed by atoms with Crippen molar-refractivity contribution in [2.75, 3.05) is 6.54 Å². The van der Waals surface area contributed by atoms with E-state index in [0.29, 0.717) is 13.1 Å². The highest BCUT2D eigenvalue weighted by Crippen LogP contribution is 2.28. The minimum atomic E-state index is -0.231. The first-order valence-corrected chi connectivity index (χ1v) is 6.13. The zero-order chi connectivity index (χ0) is 11.2. The van der Waals surface area contributed by atoms with Crippen LogP contribution in [0.1, 0.15) is 37.9 Å². The summed E-state index contributed by atoms with van der Waals surface area (Å²) >= 11 is 0. The summed E-state index contributed by atoms with van der Waals surface area (Å²) in [7, 11) is 0. The summed E-state index contributed by atoms with van der Waals surface area (Å²) in [6.45, 7) is 1.28. The molecule has 0 aromatic carbocycles. The molecule has 1 atom stereocenters. The van der Waals surface area contributed by atoms with E-state index in [2.05, 4.69) is 10.5 Å². The van der Waals surface area contributed by atoms with Crippen molar-refractivity contribution in [1.29, 1.82) is 0 Å². The Morgan fingerprint density at radius 2 is 2.31 bits per heavy atom. The van der Waals surface area contributed by atoms with Crippen LogP contribution in [0.5, 0.6) is 0 Å². The zero-order valence-corrected chi connectivity index (χ0v) is 9.56. The first-order valence-electron chi connectivity index (χ1n) is 6.13. The van der Waals surface area contributed by atoms with Crippen LogP contribution in [0.15, 0.2) is 16.8 Å². The first-order chi connectivity index (χ1) is 7.84. The minimum absolute atomic E-state index is 0.231. The molecule has 0 amide bonds. The van der Waals surface area contributed by atoms with Crippen LogP contribution in [0.3, 0.4) is 0 Å². The van der Waals surface area contributed by atoms with E-state index < -0.39 is 0 Å². The molecule has 1 unspecified atom stereocenters. The quantitative estimate of drug-likeness (QED) is 0.772. The largest absolute Gasteiger partial charge is 0.392 e. The van der Waals surface area contributed by atoms with E-state index in [1.54, 1.807) is 6.20 Å². The number of nitrogens with zero attached hydrogens (tertiary/aromatic N) is 1. The van der Waals surface area contributed by atoms with Crippen LogP contribution in [-0.2, 0) is 6.54 Å². The molecular weight excluding hydrogens is 204 g/mol. The maximum absolute atomic E-state index is 9.83. The highest BCUT2D eigenvalue weighted by atomic mass is 16.5. The van der Waals surface area contributed by atoms with E-state index in [0.717, 1.165) is 18.1 Å². The normalized spacial score (nSPS) is 19.1. The van der Waals surface area contributed by atoms with Gasteiger partial charge in [0.15, 0.2) is 0 Å². The number of hydrogen-bond donors (Lipinski definition) is 2. The molecule has 0 radical (unpaired) electrons. The molecule has 1 aliphatic carbocycles. The molecular formula is C12H20N2O2. The van der Waals surface area contributed by atoms with E-state index >= 15 is 0 Å². The van der Waals surface area contributed by atoms with Crippen LogP contribution in [-0.4, -0.2) is 22.9 Å². The summed E-state index contributed by atoms with van der Waals surface area (Å²) in [5.74, 6) is 1.55. The van der Waals surface area contributed by atoms with Crippen molar-refractivity contribution >= 4 is 0 Å². The van der Waals surface area contributed by atoms with Gasteiger partial charge < -0.3 is 14.9 Å². The number of aliphatic hydroxyl groups is 1. The maximum atomic E-state index is 9.83. The number of aromatic nitrogens is 1. The molecule has 1 aliphatic rings. The van der Waals surface area contributed by atoms with Crippen molar-refractivity contribution in [2.45, 2.75) is 44.8 Å². The zero-order valence-electron chi connectivity index (χ0n) is 9.56. The van der Waals surface area contributed by atoms with Gasteiger partial charge >= 0.3 is 0 Å². The molecule has 1 aromatic rings. The monoisotopic (exact) mass is 224 g/mol. The van der Waals surface area contributed by atoms with Gasteiger partial charge in [-0.3, -0.25) is 0 Å². The molecule has 0 saturated heterocycles. The minimum Gasteiger partial charge on any atom is -0.392 e. The fourth-order valence-electron chi connectivity index (χ4n) is 2.41. The van der Waals surface area contributed by atoms with E-state index in [9.17, 15) is 5.11 Å². The predicted molar refractivity (Wildman–Crippen MR) is 60.8 cm³/mol. The van der Waals surface area contributed by atoms with Gasteiger partial charge in [-0.15, -0.1) is 0 Å². The van der Waals surface area contributed by atoms with Gasteiger partial charge in [-0.05, 0) is 12.3 Å². The average molecular weight is 224 g/mol. The van der Waals surface area contributed by atoms with Gasteiger partial charge in [0, 0.05) is 12.6 Å². The average Bonchev–Trinajstić information content (AvgIpc) is 2.90. The van der Waals surface area contributed by atoms with E-state index in [1.165, 1.54) is 25.7 Å². The first kappa shape index (κ1) is 11.6. The topological polar surface area (TPSA) is 58.3 Å². The fraction of sp³-hybridized carbons (Fsp3) is 0.750. The molecule has 2 rings (SSSR count). The Kier molecular flexibility index (Phi) is 4.36. The number of aliphatic hydroxyl groups excluding tert-OH is 1. The lowest BCUT2D eigenvalue weighted by Gasteiger charge is -2.15. The lowest BCUT2D eigenvalue weighted by atomic mass is 10.0. The van der Waals surface area contributed by atoms with Crippen molar-refractivity contribution in [3.05, 3.63) is 18.0 Å². The van der Waals surface area contributed by atoms with Crippen molar-refractivity contribution in [3.63, 3.8) is 0 Å². The summed E-state index contributed by atoms with van der Waals surface area (Å²) < 4.78 is 4.95. The molecule has 2 N–H and O–H groups in total. The second-order valence-corrected chi connectivity index (χ2v) is 4.65. The standard InChI is InChI=1S/C12H20N2O2/c15-11(7-10-3-1-2-4-10)8-13-9-12-5-6-14-16-12/h5-6,10-11,13,15H,1-4,7-9H2. The van der Waals surface area contributed by atoms with Crippen molar-refractivity contribution in [2.24, 2.45) is 5.92 Å². The number of rotatable bonds is 6. The summed E-state index contributed by atoms with van der Waals surface area (Å²) in [4.78, 5) is 0. The van der Waals surface area contributed by atoms with Crippen LogP contribution in [0.2, 0.25) is 0 Å². The van der Waals surface area contributed by atoms with Gasteiger partial charge in [-0.25, -0.2) is 0 Å². The Bertz CT molecular complexity index is 281. The molecule has 16 heavy (non-hydrogen) atoms. The van der Waals surface area contributed by atoms with Crippen molar-refractivity contribution < 1.29 is 9.63 Å². The molecule has 4 heteroatoms. The Hall–Kier alpha value is -0.870. The lowest BCUT2D eigenvalue weighted by Crippen LogP contribution is -2.27. The summed E-state index contributed by atoms with van der Waals surface area (Å²) in [5.41, 5.74) is 0. The molecule has 1 heterocycles. The molecule has 1 saturated carbocycles. The van der Waals surface area contributed by atoms with Gasteiger partial charge in [0.2, 0.25) is 0 Å². The Morgan fingerprint density at radius 3 is 3.00 bits per heavy atom. The molecule has 0 bridgehead atoms. The molecule has 0 spiro atoms. The summed E-state index contributed by atoms with van der Waals surface area (Å²) in [5, 5.41) is 16.6. The second kappa shape index (κ2) is 6.01.